The SMILES string of the molecule is C[C@@H]([C@H]1CC[C@H]2[C@@H]3CC[C@H]4C[C@H](O)CC[C@]4(C)[C@H]3CC[C@]12C)[C@@H](O)CCC1CC1. The van der Waals surface area contributed by atoms with Crippen molar-refractivity contribution in [2.45, 2.75) is 116 Å². The topological polar surface area (TPSA) is 40.5 Å². The molecule has 0 amide bonds. The second kappa shape index (κ2) is 7.51. The highest BCUT2D eigenvalue weighted by Gasteiger charge is 2.60. The van der Waals surface area contributed by atoms with Gasteiger partial charge in [0.05, 0.1) is 12.2 Å². The summed E-state index contributed by atoms with van der Waals surface area (Å²) in [4.78, 5) is 0. The van der Waals surface area contributed by atoms with E-state index in [0.717, 1.165) is 54.8 Å². The van der Waals surface area contributed by atoms with Crippen LogP contribution in [0.5, 0.6) is 0 Å². The van der Waals surface area contributed by atoms with Gasteiger partial charge < -0.3 is 10.2 Å². The first-order chi connectivity index (χ1) is 13.8. The Kier molecular flexibility index (Phi) is 5.38. The van der Waals surface area contributed by atoms with Crippen molar-refractivity contribution >= 4 is 0 Å². The summed E-state index contributed by atoms with van der Waals surface area (Å²) >= 11 is 0. The first kappa shape index (κ1) is 20.8. The summed E-state index contributed by atoms with van der Waals surface area (Å²) < 4.78 is 0. The van der Waals surface area contributed by atoms with Crippen LogP contribution in [0.2, 0.25) is 0 Å². The van der Waals surface area contributed by atoms with E-state index in [-0.39, 0.29) is 12.2 Å². The zero-order valence-corrected chi connectivity index (χ0v) is 19.3. The predicted octanol–water partition coefficient (Wildman–Crippen LogP) is 6.19. The fourth-order valence-corrected chi connectivity index (χ4v) is 9.48. The molecule has 0 heterocycles. The number of rotatable bonds is 5. The Morgan fingerprint density at radius 2 is 1.59 bits per heavy atom. The zero-order valence-electron chi connectivity index (χ0n) is 19.3. The van der Waals surface area contributed by atoms with E-state index in [1.807, 2.05) is 0 Å². The Labute approximate surface area is 179 Å². The van der Waals surface area contributed by atoms with Gasteiger partial charge in [0.15, 0.2) is 0 Å². The van der Waals surface area contributed by atoms with Crippen LogP contribution in [-0.2, 0) is 0 Å². The summed E-state index contributed by atoms with van der Waals surface area (Å²) in [7, 11) is 0. The monoisotopic (exact) mass is 402 g/mol. The minimum absolute atomic E-state index is 0.0349. The molecule has 0 radical (unpaired) electrons. The lowest BCUT2D eigenvalue weighted by Crippen LogP contribution is -2.54. The van der Waals surface area contributed by atoms with E-state index in [9.17, 15) is 10.2 Å². The first-order valence-corrected chi connectivity index (χ1v) is 13.2. The van der Waals surface area contributed by atoms with Gasteiger partial charge in [-0.2, -0.15) is 0 Å². The van der Waals surface area contributed by atoms with E-state index in [0.29, 0.717) is 16.7 Å². The molecule has 0 aliphatic heterocycles. The third-order valence-electron chi connectivity index (χ3n) is 11.5. The van der Waals surface area contributed by atoms with Crippen molar-refractivity contribution in [3.05, 3.63) is 0 Å². The maximum absolute atomic E-state index is 11.0. The van der Waals surface area contributed by atoms with Crippen LogP contribution in [0.25, 0.3) is 0 Å². The van der Waals surface area contributed by atoms with Crippen molar-refractivity contribution < 1.29 is 10.2 Å². The van der Waals surface area contributed by atoms with Crippen LogP contribution in [-0.4, -0.2) is 22.4 Å². The molecule has 2 heteroatoms. The molecule has 0 saturated heterocycles. The lowest BCUT2D eigenvalue weighted by molar-refractivity contribution is -0.132. The molecule has 0 aromatic carbocycles. The summed E-state index contributed by atoms with van der Waals surface area (Å²) in [6.07, 6.45) is 16.7. The van der Waals surface area contributed by atoms with Gasteiger partial charge in [-0.15, -0.1) is 0 Å². The second-order valence-electron chi connectivity index (χ2n) is 12.8. The molecule has 2 nitrogen and oxygen atoms in total. The van der Waals surface area contributed by atoms with Crippen molar-refractivity contribution in [3.8, 4) is 0 Å². The zero-order chi connectivity index (χ0) is 20.4. The van der Waals surface area contributed by atoms with Gasteiger partial charge >= 0.3 is 0 Å². The van der Waals surface area contributed by atoms with Gasteiger partial charge in [-0.25, -0.2) is 0 Å². The number of hydrogen-bond acceptors (Lipinski definition) is 2. The Bertz CT molecular complexity index is 599. The van der Waals surface area contributed by atoms with Gasteiger partial charge in [-0.05, 0) is 123 Å². The molecule has 5 aliphatic carbocycles. The first-order valence-electron chi connectivity index (χ1n) is 13.2. The largest absolute Gasteiger partial charge is 0.393 e. The van der Waals surface area contributed by atoms with E-state index in [2.05, 4.69) is 20.8 Å². The maximum Gasteiger partial charge on any atom is 0.0568 e. The molecule has 0 bridgehead atoms. The standard InChI is InChI=1S/C27H46O2/c1-17(25(29)11-6-18-4-5-18)22-9-10-23-21-8-7-19-16-20(28)12-14-26(19,2)24(21)13-15-27(22,23)3/h17-25,28-29H,4-16H2,1-3H3/t17-,19-,20+,21-,22+,23-,24-,25-,26-,27+/m0/s1. The van der Waals surface area contributed by atoms with Crippen molar-refractivity contribution in [1.29, 1.82) is 0 Å². The molecule has 5 fully saturated rings. The molecule has 0 aromatic rings. The molecule has 5 aliphatic rings. The van der Waals surface area contributed by atoms with Crippen LogP contribution in [0.3, 0.4) is 0 Å². The highest BCUT2D eigenvalue weighted by atomic mass is 16.3. The van der Waals surface area contributed by atoms with E-state index in [4.69, 9.17) is 0 Å². The number of hydrogen-bond donors (Lipinski definition) is 2. The summed E-state index contributed by atoms with van der Waals surface area (Å²) in [5, 5.41) is 21.2. The Morgan fingerprint density at radius 3 is 2.34 bits per heavy atom. The minimum atomic E-state index is -0.0815. The van der Waals surface area contributed by atoms with Gasteiger partial charge in [0.2, 0.25) is 0 Å². The van der Waals surface area contributed by atoms with E-state index < -0.39 is 0 Å². The van der Waals surface area contributed by atoms with E-state index in [1.54, 1.807) is 0 Å². The second-order valence-corrected chi connectivity index (χ2v) is 12.8. The van der Waals surface area contributed by atoms with Gasteiger partial charge in [-0.1, -0.05) is 33.6 Å². The van der Waals surface area contributed by atoms with Gasteiger partial charge in [-0.3, -0.25) is 0 Å². The number of aliphatic hydroxyl groups excluding tert-OH is 2. The minimum Gasteiger partial charge on any atom is -0.393 e. The van der Waals surface area contributed by atoms with Crippen LogP contribution in [0.4, 0.5) is 0 Å². The third kappa shape index (κ3) is 3.43. The highest BCUT2D eigenvalue weighted by Crippen LogP contribution is 2.68. The van der Waals surface area contributed by atoms with Crippen LogP contribution in [0, 0.1) is 52.3 Å². The van der Waals surface area contributed by atoms with Gasteiger partial charge in [0, 0.05) is 0 Å². The molecule has 0 aromatic heterocycles. The average molecular weight is 403 g/mol. The quantitative estimate of drug-likeness (QED) is 0.575. The molecule has 166 valence electrons. The summed E-state index contributed by atoms with van der Waals surface area (Å²) in [5.41, 5.74) is 0.940. The molecule has 2 N–H and O–H groups in total. The normalized spacial score (nSPS) is 51.6. The van der Waals surface area contributed by atoms with Crippen molar-refractivity contribution in [2.75, 3.05) is 0 Å². The summed E-state index contributed by atoms with van der Waals surface area (Å²) in [5.74, 6) is 5.57. The molecule has 5 saturated carbocycles. The molecular formula is C27H46O2. The fourth-order valence-electron chi connectivity index (χ4n) is 9.48. The molecule has 0 unspecified atom stereocenters. The van der Waals surface area contributed by atoms with E-state index in [1.165, 1.54) is 64.2 Å². The Balaban J connectivity index is 1.30. The predicted molar refractivity (Wildman–Crippen MR) is 118 cm³/mol. The van der Waals surface area contributed by atoms with Crippen molar-refractivity contribution in [1.82, 2.24) is 0 Å². The Morgan fingerprint density at radius 1 is 0.862 bits per heavy atom. The van der Waals surface area contributed by atoms with Crippen molar-refractivity contribution in [3.63, 3.8) is 0 Å². The maximum atomic E-state index is 11.0. The van der Waals surface area contributed by atoms with Crippen molar-refractivity contribution in [2.24, 2.45) is 52.3 Å². The average Bonchev–Trinajstić information content (AvgIpc) is 3.46. The highest BCUT2D eigenvalue weighted by molar-refractivity contribution is 5.10. The lowest BCUT2D eigenvalue weighted by Gasteiger charge is -2.61. The molecule has 0 spiro atoms. The fraction of sp³-hybridized carbons (Fsp3) is 1.00. The van der Waals surface area contributed by atoms with Crippen LogP contribution < -0.4 is 0 Å². The van der Waals surface area contributed by atoms with E-state index >= 15 is 0 Å². The number of aliphatic hydroxyl groups is 2. The smallest absolute Gasteiger partial charge is 0.0568 e. The van der Waals surface area contributed by atoms with Crippen LogP contribution in [0.15, 0.2) is 0 Å². The number of fused-ring (bicyclic) bond motifs is 5. The summed E-state index contributed by atoms with van der Waals surface area (Å²) in [6, 6.07) is 0. The Hall–Kier alpha value is -0.0800. The summed E-state index contributed by atoms with van der Waals surface area (Å²) in [6.45, 7) is 7.59. The molecular weight excluding hydrogens is 356 g/mol. The van der Waals surface area contributed by atoms with Gasteiger partial charge in [0.1, 0.15) is 0 Å². The molecule has 29 heavy (non-hydrogen) atoms. The third-order valence-corrected chi connectivity index (χ3v) is 11.5. The molecule has 5 rings (SSSR count). The lowest BCUT2D eigenvalue weighted by atomic mass is 9.44. The molecule has 10 atom stereocenters. The van der Waals surface area contributed by atoms with Crippen LogP contribution >= 0.6 is 0 Å². The van der Waals surface area contributed by atoms with Gasteiger partial charge in [0.25, 0.3) is 0 Å². The van der Waals surface area contributed by atoms with Crippen LogP contribution in [0.1, 0.15) is 104 Å².